The molecule has 0 heterocycles. The van der Waals surface area contributed by atoms with Gasteiger partial charge in [0.15, 0.2) is 0 Å². The predicted octanol–water partition coefficient (Wildman–Crippen LogP) is 3.37. The molecule has 0 saturated heterocycles. The Morgan fingerprint density at radius 1 is 1.14 bits per heavy atom. The van der Waals surface area contributed by atoms with E-state index >= 15 is 0 Å². The molecule has 0 aromatic heterocycles. The Morgan fingerprint density at radius 3 is 2.19 bits per heavy atom. The van der Waals surface area contributed by atoms with Gasteiger partial charge in [0.25, 0.3) is 5.91 Å². The second kappa shape index (κ2) is 5.99. The summed E-state index contributed by atoms with van der Waals surface area (Å²) in [5, 5.41) is 11.1. The van der Waals surface area contributed by atoms with E-state index in [0.29, 0.717) is 5.56 Å². The number of carbonyl (C=O) groups excluding carboxylic acids is 1. The van der Waals surface area contributed by atoms with Crippen LogP contribution in [-0.2, 0) is 15.8 Å². The Balaban J connectivity index is 3.11. The number of anilines is 1. The molecule has 4 nitrogen and oxygen atoms in total. The molecule has 1 aromatic carbocycles. The molecule has 0 fully saturated rings. The summed E-state index contributed by atoms with van der Waals surface area (Å²) in [6.07, 6.45) is -4.52. The quantitative estimate of drug-likeness (QED) is 0.841. The summed E-state index contributed by atoms with van der Waals surface area (Å²) in [6, 6.07) is 2.97. The van der Waals surface area contributed by atoms with Gasteiger partial charge in [0.1, 0.15) is 0 Å². The van der Waals surface area contributed by atoms with Crippen LogP contribution in [-0.4, -0.2) is 17.0 Å². The molecule has 0 saturated carbocycles. The van der Waals surface area contributed by atoms with Crippen LogP contribution in [0.1, 0.15) is 25.0 Å². The molecule has 1 aromatic rings. The van der Waals surface area contributed by atoms with Gasteiger partial charge in [-0.25, -0.2) is 4.79 Å². The lowest BCUT2D eigenvalue weighted by atomic mass is 10.1. The van der Waals surface area contributed by atoms with Gasteiger partial charge in [-0.1, -0.05) is 6.07 Å². The highest BCUT2D eigenvalue weighted by Gasteiger charge is 2.31. The van der Waals surface area contributed by atoms with Gasteiger partial charge >= 0.3 is 12.1 Å². The van der Waals surface area contributed by atoms with Crippen LogP contribution < -0.4 is 5.32 Å². The van der Waals surface area contributed by atoms with Crippen molar-refractivity contribution in [1.29, 1.82) is 0 Å². The molecule has 0 aliphatic heterocycles. The number of benzene rings is 1. The summed E-state index contributed by atoms with van der Waals surface area (Å²) >= 11 is 0. The second-order valence-corrected chi connectivity index (χ2v) is 4.54. The van der Waals surface area contributed by atoms with Crippen LogP contribution >= 0.6 is 0 Å². The number of hydrogen-bond acceptors (Lipinski definition) is 2. The van der Waals surface area contributed by atoms with Crippen molar-refractivity contribution in [1.82, 2.24) is 0 Å². The molecule has 1 rings (SSSR count). The minimum absolute atomic E-state index is 0.00707. The van der Waals surface area contributed by atoms with E-state index in [2.05, 4.69) is 5.32 Å². The third-order valence-electron chi connectivity index (χ3n) is 3.04. The SMILES string of the molecule is CC(C(=O)O)=C(C)C(=O)Nc1cc(C(F)(F)F)ccc1C. The summed E-state index contributed by atoms with van der Waals surface area (Å²) in [6.45, 7) is 4.08. The maximum Gasteiger partial charge on any atom is 0.416 e. The normalized spacial score (nSPS) is 12.7. The summed E-state index contributed by atoms with van der Waals surface area (Å²) < 4.78 is 37.9. The number of aryl methyl sites for hydroxylation is 1. The summed E-state index contributed by atoms with van der Waals surface area (Å²) in [4.78, 5) is 22.6. The zero-order valence-corrected chi connectivity index (χ0v) is 11.6. The topological polar surface area (TPSA) is 66.4 Å². The van der Waals surface area contributed by atoms with Crippen LogP contribution in [0.3, 0.4) is 0 Å². The number of amides is 1. The molecule has 1 amide bonds. The van der Waals surface area contributed by atoms with E-state index < -0.39 is 23.6 Å². The van der Waals surface area contributed by atoms with E-state index in [0.717, 1.165) is 12.1 Å². The van der Waals surface area contributed by atoms with Crippen molar-refractivity contribution < 1.29 is 27.9 Å². The molecule has 0 spiro atoms. The van der Waals surface area contributed by atoms with Crippen molar-refractivity contribution >= 4 is 17.6 Å². The number of alkyl halides is 3. The van der Waals surface area contributed by atoms with E-state index in [9.17, 15) is 22.8 Å². The lowest BCUT2D eigenvalue weighted by Gasteiger charge is -2.13. The first kappa shape index (κ1) is 16.7. The first-order valence-electron chi connectivity index (χ1n) is 5.94. The van der Waals surface area contributed by atoms with E-state index in [1.807, 2.05) is 0 Å². The van der Waals surface area contributed by atoms with Crippen LogP contribution in [0.2, 0.25) is 0 Å². The highest BCUT2D eigenvalue weighted by Crippen LogP contribution is 2.32. The maximum absolute atomic E-state index is 12.6. The molecule has 0 atom stereocenters. The van der Waals surface area contributed by atoms with Crippen LogP contribution in [0.5, 0.6) is 0 Å². The molecule has 2 N–H and O–H groups in total. The van der Waals surface area contributed by atoms with Crippen LogP contribution in [0.15, 0.2) is 29.3 Å². The van der Waals surface area contributed by atoms with E-state index in [1.165, 1.54) is 19.9 Å². The second-order valence-electron chi connectivity index (χ2n) is 4.54. The summed E-state index contributed by atoms with van der Waals surface area (Å²) in [5.41, 5.74) is -0.694. The minimum atomic E-state index is -4.52. The average molecular weight is 301 g/mol. The van der Waals surface area contributed by atoms with Crippen LogP contribution in [0.4, 0.5) is 18.9 Å². The largest absolute Gasteiger partial charge is 0.478 e. The first-order valence-corrected chi connectivity index (χ1v) is 5.94. The van der Waals surface area contributed by atoms with Gasteiger partial charge < -0.3 is 10.4 Å². The number of hydrogen-bond donors (Lipinski definition) is 2. The number of aliphatic carboxylic acids is 1. The molecule has 21 heavy (non-hydrogen) atoms. The molecule has 7 heteroatoms. The van der Waals surface area contributed by atoms with Crippen LogP contribution in [0, 0.1) is 6.92 Å². The molecular formula is C14H14F3NO3. The molecule has 0 unspecified atom stereocenters. The monoisotopic (exact) mass is 301 g/mol. The Labute approximate surface area is 119 Å². The third-order valence-corrected chi connectivity index (χ3v) is 3.04. The maximum atomic E-state index is 12.6. The van der Waals surface area contributed by atoms with E-state index in [-0.39, 0.29) is 16.8 Å². The number of rotatable bonds is 3. The minimum Gasteiger partial charge on any atom is -0.478 e. The third kappa shape index (κ3) is 4.08. The Hall–Kier alpha value is -2.31. The molecular weight excluding hydrogens is 287 g/mol. The van der Waals surface area contributed by atoms with Gasteiger partial charge in [0.2, 0.25) is 0 Å². The van der Waals surface area contributed by atoms with Crippen molar-refractivity contribution in [2.24, 2.45) is 0 Å². The van der Waals surface area contributed by atoms with E-state index in [4.69, 9.17) is 5.11 Å². The number of carboxylic acids is 1. The standard InChI is InChI=1S/C14H14F3NO3/c1-7-4-5-10(14(15,16)17)6-11(7)18-12(19)8(2)9(3)13(20)21/h4-6H,1-3H3,(H,18,19)(H,20,21). The van der Waals surface area contributed by atoms with E-state index in [1.54, 1.807) is 6.92 Å². The number of carboxylic acid groups (broad SMARTS) is 1. The number of halogens is 3. The van der Waals surface area contributed by atoms with Gasteiger partial charge in [0.05, 0.1) is 5.56 Å². The van der Waals surface area contributed by atoms with Crippen molar-refractivity contribution in [3.05, 3.63) is 40.5 Å². The highest BCUT2D eigenvalue weighted by atomic mass is 19.4. The fourth-order valence-electron chi connectivity index (χ4n) is 1.48. The van der Waals surface area contributed by atoms with Gasteiger partial charge in [-0.3, -0.25) is 4.79 Å². The molecule has 114 valence electrons. The average Bonchev–Trinajstić information content (AvgIpc) is 2.37. The van der Waals surface area contributed by atoms with Crippen molar-refractivity contribution in [2.75, 3.05) is 5.32 Å². The van der Waals surface area contributed by atoms with Gasteiger partial charge in [-0.15, -0.1) is 0 Å². The summed E-state index contributed by atoms with van der Waals surface area (Å²) in [7, 11) is 0. The molecule has 0 radical (unpaired) electrons. The van der Waals surface area contributed by atoms with Gasteiger partial charge in [0, 0.05) is 16.8 Å². The highest BCUT2D eigenvalue weighted by molar-refractivity contribution is 6.08. The Morgan fingerprint density at radius 2 is 1.71 bits per heavy atom. The first-order chi connectivity index (χ1) is 9.54. The fraction of sp³-hybridized carbons (Fsp3) is 0.286. The summed E-state index contributed by atoms with van der Waals surface area (Å²) in [5.74, 6) is -2.01. The van der Waals surface area contributed by atoms with Crippen molar-refractivity contribution in [2.45, 2.75) is 26.9 Å². The number of nitrogens with one attached hydrogen (secondary N) is 1. The Kier molecular flexibility index (Phi) is 4.77. The van der Waals surface area contributed by atoms with Crippen molar-refractivity contribution in [3.63, 3.8) is 0 Å². The lowest BCUT2D eigenvalue weighted by Crippen LogP contribution is -2.17. The number of carbonyl (C=O) groups is 2. The zero-order valence-electron chi connectivity index (χ0n) is 11.6. The fourth-order valence-corrected chi connectivity index (χ4v) is 1.48. The Bertz CT molecular complexity index is 618. The molecule has 0 bridgehead atoms. The smallest absolute Gasteiger partial charge is 0.416 e. The zero-order chi connectivity index (χ0) is 16.4. The van der Waals surface area contributed by atoms with Gasteiger partial charge in [-0.2, -0.15) is 13.2 Å². The lowest BCUT2D eigenvalue weighted by molar-refractivity contribution is -0.137. The van der Waals surface area contributed by atoms with Crippen molar-refractivity contribution in [3.8, 4) is 0 Å². The van der Waals surface area contributed by atoms with Gasteiger partial charge in [-0.05, 0) is 38.5 Å². The predicted molar refractivity (Wildman–Crippen MR) is 70.8 cm³/mol. The molecule has 0 aliphatic carbocycles. The van der Waals surface area contributed by atoms with Crippen LogP contribution in [0.25, 0.3) is 0 Å². The molecule has 0 aliphatic rings.